The Labute approximate surface area is 82.4 Å². The van der Waals surface area contributed by atoms with Crippen LogP contribution < -0.4 is 0 Å². The lowest BCUT2D eigenvalue weighted by Gasteiger charge is -2.38. The monoisotopic (exact) mass is 202 g/mol. The third kappa shape index (κ3) is 2.79. The molecule has 1 rings (SSSR count). The largest absolute Gasteiger partial charge is 0.417 e. The lowest BCUT2D eigenvalue weighted by molar-refractivity contribution is 0.249. The average molecular weight is 202 g/mol. The van der Waals surface area contributed by atoms with Gasteiger partial charge in [0.05, 0.1) is 0 Å². The van der Waals surface area contributed by atoms with Crippen molar-refractivity contribution < 1.29 is 9.53 Å². The normalized spacial score (nSPS) is 29.5. The second-order valence-corrected chi connectivity index (χ2v) is 8.93. The first-order valence-electron chi connectivity index (χ1n) is 5.46. The van der Waals surface area contributed by atoms with Gasteiger partial charge in [-0.3, -0.25) is 0 Å². The second kappa shape index (κ2) is 5.13. The van der Waals surface area contributed by atoms with E-state index in [1.54, 1.807) is 0 Å². The molecule has 1 atom stereocenters. The summed E-state index contributed by atoms with van der Waals surface area (Å²) in [5.74, 6) is 0. The molecular weight excluding hydrogens is 180 g/mol. The topological polar surface area (TPSA) is 29.5 Å². The van der Waals surface area contributed by atoms with Gasteiger partial charge < -0.3 is 9.53 Å². The van der Waals surface area contributed by atoms with E-state index in [1.807, 2.05) is 0 Å². The highest BCUT2D eigenvalue weighted by atomic mass is 28.4. The second-order valence-electron chi connectivity index (χ2n) is 4.35. The minimum atomic E-state index is -1.44. The van der Waals surface area contributed by atoms with Gasteiger partial charge in [0.2, 0.25) is 0 Å². The number of aliphatic hydroxyl groups is 1. The summed E-state index contributed by atoms with van der Waals surface area (Å²) in [6.07, 6.45) is 3.51. The Morgan fingerprint density at radius 1 is 1.38 bits per heavy atom. The van der Waals surface area contributed by atoms with Gasteiger partial charge in [-0.2, -0.15) is 0 Å². The van der Waals surface area contributed by atoms with Gasteiger partial charge in [-0.05, 0) is 30.5 Å². The summed E-state index contributed by atoms with van der Waals surface area (Å²) in [5, 5.41) is 8.86. The van der Waals surface area contributed by atoms with Crippen LogP contribution in [-0.2, 0) is 4.43 Å². The maximum absolute atomic E-state index is 8.86. The zero-order valence-electron chi connectivity index (χ0n) is 8.88. The molecule has 0 radical (unpaired) electrons. The highest BCUT2D eigenvalue weighted by molar-refractivity contribution is 6.75. The van der Waals surface area contributed by atoms with Crippen LogP contribution in [0.3, 0.4) is 0 Å². The van der Waals surface area contributed by atoms with E-state index in [4.69, 9.17) is 9.53 Å². The van der Waals surface area contributed by atoms with E-state index >= 15 is 0 Å². The predicted molar refractivity (Wildman–Crippen MR) is 57.4 cm³/mol. The molecule has 78 valence electrons. The van der Waals surface area contributed by atoms with Gasteiger partial charge in [0, 0.05) is 13.2 Å². The summed E-state index contributed by atoms with van der Waals surface area (Å²) in [7, 11) is -1.44. The molecule has 0 saturated carbocycles. The highest BCUT2D eigenvalue weighted by Crippen LogP contribution is 2.36. The van der Waals surface area contributed by atoms with E-state index in [0.717, 1.165) is 19.1 Å². The SMILES string of the molecule is CC(C)[Si]1(CCCO)CCCCO1. The Hall–Kier alpha value is 0.137. The van der Waals surface area contributed by atoms with Gasteiger partial charge in [-0.15, -0.1) is 0 Å². The van der Waals surface area contributed by atoms with Crippen molar-refractivity contribution in [1.82, 2.24) is 0 Å². The van der Waals surface area contributed by atoms with E-state index in [-0.39, 0.29) is 0 Å². The van der Waals surface area contributed by atoms with Crippen molar-refractivity contribution in [2.24, 2.45) is 0 Å². The van der Waals surface area contributed by atoms with Crippen LogP contribution in [0.4, 0.5) is 0 Å². The number of hydrogen-bond donors (Lipinski definition) is 1. The predicted octanol–water partition coefficient (Wildman–Crippen LogP) is 2.53. The fraction of sp³-hybridized carbons (Fsp3) is 1.00. The smallest absolute Gasteiger partial charge is 0.195 e. The van der Waals surface area contributed by atoms with Gasteiger partial charge in [-0.25, -0.2) is 0 Å². The zero-order chi connectivity index (χ0) is 9.73. The van der Waals surface area contributed by atoms with E-state index in [2.05, 4.69) is 13.8 Å². The summed E-state index contributed by atoms with van der Waals surface area (Å²) in [4.78, 5) is 0. The fourth-order valence-electron chi connectivity index (χ4n) is 2.19. The van der Waals surface area contributed by atoms with Crippen LogP contribution in [0.2, 0.25) is 17.6 Å². The maximum atomic E-state index is 8.86. The molecule has 13 heavy (non-hydrogen) atoms. The number of aliphatic hydroxyl groups excluding tert-OH is 1. The molecule has 2 nitrogen and oxygen atoms in total. The Morgan fingerprint density at radius 3 is 2.62 bits per heavy atom. The van der Waals surface area contributed by atoms with Crippen LogP contribution in [0.15, 0.2) is 0 Å². The molecule has 1 saturated heterocycles. The minimum absolute atomic E-state index is 0.324. The lowest BCUT2D eigenvalue weighted by atomic mass is 10.4. The molecular formula is C10H22O2Si. The summed E-state index contributed by atoms with van der Waals surface area (Å²) >= 11 is 0. The first kappa shape index (κ1) is 11.2. The van der Waals surface area contributed by atoms with Crippen molar-refractivity contribution in [3.63, 3.8) is 0 Å². The van der Waals surface area contributed by atoms with Crippen molar-refractivity contribution in [3.8, 4) is 0 Å². The van der Waals surface area contributed by atoms with Crippen LogP contribution in [0, 0.1) is 0 Å². The Morgan fingerprint density at radius 2 is 2.15 bits per heavy atom. The maximum Gasteiger partial charge on any atom is 0.195 e. The Balaban J connectivity index is 2.51. The van der Waals surface area contributed by atoms with E-state index in [9.17, 15) is 0 Å². The van der Waals surface area contributed by atoms with Crippen molar-refractivity contribution in [2.75, 3.05) is 13.2 Å². The van der Waals surface area contributed by atoms with Crippen LogP contribution in [0.5, 0.6) is 0 Å². The van der Waals surface area contributed by atoms with E-state index in [1.165, 1.54) is 18.9 Å². The van der Waals surface area contributed by atoms with Gasteiger partial charge in [0.15, 0.2) is 8.32 Å². The van der Waals surface area contributed by atoms with Crippen molar-refractivity contribution in [1.29, 1.82) is 0 Å². The molecule has 0 aliphatic carbocycles. The van der Waals surface area contributed by atoms with Crippen LogP contribution >= 0.6 is 0 Å². The summed E-state index contributed by atoms with van der Waals surface area (Å²) in [6.45, 7) is 5.87. The van der Waals surface area contributed by atoms with E-state index in [0.29, 0.717) is 12.1 Å². The van der Waals surface area contributed by atoms with Crippen LogP contribution in [-0.4, -0.2) is 26.6 Å². The van der Waals surface area contributed by atoms with Gasteiger partial charge in [-0.1, -0.05) is 20.3 Å². The fourth-order valence-corrected chi connectivity index (χ4v) is 6.38. The van der Waals surface area contributed by atoms with Gasteiger partial charge in [0.1, 0.15) is 0 Å². The van der Waals surface area contributed by atoms with Crippen LogP contribution in [0.1, 0.15) is 33.1 Å². The molecule has 0 aromatic rings. The molecule has 3 heteroatoms. The van der Waals surface area contributed by atoms with Crippen molar-refractivity contribution >= 4 is 8.32 Å². The third-order valence-corrected chi connectivity index (χ3v) is 8.48. The molecule has 0 bridgehead atoms. The zero-order valence-corrected chi connectivity index (χ0v) is 9.88. The molecule has 0 amide bonds. The third-order valence-electron chi connectivity index (χ3n) is 3.19. The molecule has 1 aliphatic heterocycles. The molecule has 1 unspecified atom stereocenters. The van der Waals surface area contributed by atoms with Crippen molar-refractivity contribution in [2.45, 2.75) is 50.7 Å². The first-order valence-corrected chi connectivity index (χ1v) is 7.86. The Kier molecular flexibility index (Phi) is 4.42. The van der Waals surface area contributed by atoms with Gasteiger partial charge in [0.25, 0.3) is 0 Å². The summed E-state index contributed by atoms with van der Waals surface area (Å²) in [5.41, 5.74) is 0.708. The van der Waals surface area contributed by atoms with Crippen LogP contribution in [0.25, 0.3) is 0 Å². The van der Waals surface area contributed by atoms with Crippen molar-refractivity contribution in [3.05, 3.63) is 0 Å². The quantitative estimate of drug-likeness (QED) is 0.710. The molecule has 1 heterocycles. The van der Waals surface area contributed by atoms with E-state index < -0.39 is 8.32 Å². The Bertz CT molecular complexity index is 142. The molecule has 0 spiro atoms. The molecule has 0 aromatic heterocycles. The van der Waals surface area contributed by atoms with Gasteiger partial charge >= 0.3 is 0 Å². The number of hydrogen-bond acceptors (Lipinski definition) is 2. The first-order chi connectivity index (χ1) is 6.21. The number of rotatable bonds is 4. The lowest BCUT2D eigenvalue weighted by Crippen LogP contribution is -2.44. The average Bonchev–Trinajstić information content (AvgIpc) is 2.16. The molecule has 0 aromatic carbocycles. The minimum Gasteiger partial charge on any atom is -0.417 e. The standard InChI is InChI=1S/C10H22O2Si/c1-10(2)13(9-5-6-11)8-4-3-7-12-13/h10-11H,3-9H2,1-2H3. The molecule has 1 fully saturated rings. The molecule has 1 aliphatic rings. The summed E-state index contributed by atoms with van der Waals surface area (Å²) < 4.78 is 6.06. The summed E-state index contributed by atoms with van der Waals surface area (Å²) in [6, 6.07) is 2.46. The highest BCUT2D eigenvalue weighted by Gasteiger charge is 2.39. The molecule has 1 N–H and O–H groups in total.